The van der Waals surface area contributed by atoms with Gasteiger partial charge in [0.1, 0.15) is 0 Å². The molecule has 0 saturated carbocycles. The Labute approximate surface area is 95.8 Å². The van der Waals surface area contributed by atoms with Crippen LogP contribution in [0.1, 0.15) is 62.3 Å². The van der Waals surface area contributed by atoms with Gasteiger partial charge in [-0.3, -0.25) is 4.79 Å². The zero-order valence-electron chi connectivity index (χ0n) is 12.0. The predicted octanol–water partition coefficient (Wildman–Crippen LogP) is 3.61. The van der Waals surface area contributed by atoms with Gasteiger partial charge < -0.3 is 5.32 Å². The molecule has 0 unspecified atom stereocenters. The highest BCUT2D eigenvalue weighted by Crippen LogP contribution is 2.25. The van der Waals surface area contributed by atoms with Crippen LogP contribution in [0.25, 0.3) is 0 Å². The van der Waals surface area contributed by atoms with E-state index in [1.54, 1.807) is 0 Å². The molecule has 1 N–H and O–H groups in total. The topological polar surface area (TPSA) is 29.1 Å². The van der Waals surface area contributed by atoms with Crippen LogP contribution < -0.4 is 5.32 Å². The maximum Gasteiger partial charge on any atom is 0.223 e. The quantitative estimate of drug-likeness (QED) is 0.711. The van der Waals surface area contributed by atoms with Crippen molar-refractivity contribution < 1.29 is 4.79 Å². The van der Waals surface area contributed by atoms with Crippen LogP contribution in [0, 0.1) is 11.3 Å². The fourth-order valence-electron chi connectivity index (χ4n) is 0.871. The van der Waals surface area contributed by atoms with Crippen molar-refractivity contribution in [2.45, 2.75) is 67.9 Å². The van der Waals surface area contributed by atoms with E-state index in [4.69, 9.17) is 0 Å². The van der Waals surface area contributed by atoms with Crippen LogP contribution in [0.15, 0.2) is 0 Å². The Morgan fingerprint density at radius 1 is 1.00 bits per heavy atom. The molecule has 1 amide bonds. The van der Waals surface area contributed by atoms with Gasteiger partial charge in [0.05, 0.1) is 0 Å². The Bertz CT molecular complexity index is 184. The lowest BCUT2D eigenvalue weighted by Crippen LogP contribution is -2.46. The molecular formula is C13H29NO. The van der Waals surface area contributed by atoms with Gasteiger partial charge in [0, 0.05) is 11.5 Å². The van der Waals surface area contributed by atoms with Crippen molar-refractivity contribution in [1.29, 1.82) is 0 Å². The van der Waals surface area contributed by atoms with Gasteiger partial charge in [-0.1, -0.05) is 41.5 Å². The van der Waals surface area contributed by atoms with E-state index in [0.29, 0.717) is 0 Å². The van der Waals surface area contributed by atoms with Crippen LogP contribution in [-0.2, 0) is 4.79 Å². The van der Waals surface area contributed by atoms with Crippen LogP contribution in [-0.4, -0.2) is 11.4 Å². The van der Waals surface area contributed by atoms with E-state index in [1.807, 2.05) is 41.5 Å². The summed E-state index contributed by atoms with van der Waals surface area (Å²) < 4.78 is 0. The van der Waals surface area contributed by atoms with E-state index >= 15 is 0 Å². The maximum atomic E-state index is 11.7. The van der Waals surface area contributed by atoms with Gasteiger partial charge in [0.25, 0.3) is 0 Å². The number of carbonyl (C=O) groups is 1. The summed E-state index contributed by atoms with van der Waals surface area (Å²) in [5.41, 5.74) is -0.0913. The summed E-state index contributed by atoms with van der Waals surface area (Å²) >= 11 is 0. The van der Waals surface area contributed by atoms with Crippen LogP contribution in [0.4, 0.5) is 0 Å². The molecule has 0 radical (unpaired) electrons. The summed E-state index contributed by atoms with van der Waals surface area (Å²) in [6.45, 7) is 18.2. The van der Waals surface area contributed by atoms with Crippen molar-refractivity contribution in [2.24, 2.45) is 11.3 Å². The summed E-state index contributed by atoms with van der Waals surface area (Å²) in [5.74, 6) is 0.187. The Morgan fingerprint density at radius 3 is 1.53 bits per heavy atom. The van der Waals surface area contributed by atoms with Crippen LogP contribution in [0.2, 0.25) is 0 Å². The number of carbonyl (C=O) groups excluding carboxylic acids is 1. The van der Waals surface area contributed by atoms with Crippen molar-refractivity contribution in [3.05, 3.63) is 0 Å². The SMILES string of the molecule is CC.C[C@H](C(=O)NC(C)(C)C)C(C)(C)C. The molecule has 15 heavy (non-hydrogen) atoms. The van der Waals surface area contributed by atoms with E-state index in [9.17, 15) is 4.79 Å². The summed E-state index contributed by atoms with van der Waals surface area (Å²) in [7, 11) is 0. The maximum absolute atomic E-state index is 11.7. The summed E-state index contributed by atoms with van der Waals surface area (Å²) in [6, 6.07) is 0. The zero-order chi connectivity index (χ0) is 12.9. The minimum absolute atomic E-state index is 0.0370. The fourth-order valence-corrected chi connectivity index (χ4v) is 0.871. The Morgan fingerprint density at radius 2 is 1.33 bits per heavy atom. The van der Waals surface area contributed by atoms with Crippen molar-refractivity contribution in [3.63, 3.8) is 0 Å². The highest BCUT2D eigenvalue weighted by atomic mass is 16.2. The van der Waals surface area contributed by atoms with Crippen LogP contribution in [0.5, 0.6) is 0 Å². The standard InChI is InChI=1S/C11H23NO.C2H6/c1-8(10(2,3)4)9(13)12-11(5,6)7;1-2/h8H,1-7H3,(H,12,13);1-2H3/t8-;/m1./s1. The lowest BCUT2D eigenvalue weighted by Gasteiger charge is -2.30. The van der Waals surface area contributed by atoms with Gasteiger partial charge in [-0.15, -0.1) is 0 Å². The molecule has 0 spiro atoms. The average Bonchev–Trinajstić information content (AvgIpc) is 2.02. The number of hydrogen-bond donors (Lipinski definition) is 1. The monoisotopic (exact) mass is 215 g/mol. The zero-order valence-corrected chi connectivity index (χ0v) is 12.0. The third-order valence-electron chi connectivity index (χ3n) is 2.19. The molecule has 0 aromatic rings. The molecule has 0 saturated heterocycles. The van der Waals surface area contributed by atoms with E-state index < -0.39 is 0 Å². The first-order valence-electron chi connectivity index (χ1n) is 5.86. The van der Waals surface area contributed by atoms with Crippen molar-refractivity contribution >= 4 is 5.91 Å². The van der Waals surface area contributed by atoms with E-state index in [2.05, 4.69) is 26.1 Å². The average molecular weight is 215 g/mol. The third kappa shape index (κ3) is 8.46. The molecule has 0 aliphatic carbocycles. The molecule has 0 aromatic carbocycles. The molecule has 0 rings (SSSR count). The fraction of sp³-hybridized carbons (Fsp3) is 0.923. The second-order valence-electron chi connectivity index (χ2n) is 5.83. The summed E-state index contributed by atoms with van der Waals surface area (Å²) in [6.07, 6.45) is 0. The first-order valence-corrected chi connectivity index (χ1v) is 5.86. The Kier molecular flexibility index (Phi) is 6.91. The van der Waals surface area contributed by atoms with Gasteiger partial charge in [0.15, 0.2) is 0 Å². The highest BCUT2D eigenvalue weighted by Gasteiger charge is 2.28. The predicted molar refractivity (Wildman–Crippen MR) is 67.9 cm³/mol. The third-order valence-corrected chi connectivity index (χ3v) is 2.19. The first kappa shape index (κ1) is 16.9. The van der Waals surface area contributed by atoms with Crippen molar-refractivity contribution in [1.82, 2.24) is 5.32 Å². The largest absolute Gasteiger partial charge is 0.351 e. The number of rotatable bonds is 1. The molecule has 1 atom stereocenters. The van der Waals surface area contributed by atoms with E-state index in [-0.39, 0.29) is 22.8 Å². The highest BCUT2D eigenvalue weighted by molar-refractivity contribution is 5.79. The van der Waals surface area contributed by atoms with Gasteiger partial charge >= 0.3 is 0 Å². The van der Waals surface area contributed by atoms with Crippen LogP contribution >= 0.6 is 0 Å². The first-order chi connectivity index (χ1) is 6.54. The minimum Gasteiger partial charge on any atom is -0.351 e. The summed E-state index contributed by atoms with van der Waals surface area (Å²) in [4.78, 5) is 11.7. The lowest BCUT2D eigenvalue weighted by atomic mass is 9.81. The Hall–Kier alpha value is -0.530. The lowest BCUT2D eigenvalue weighted by molar-refractivity contribution is -0.128. The minimum atomic E-state index is -0.128. The summed E-state index contributed by atoms with van der Waals surface area (Å²) in [5, 5.41) is 2.99. The van der Waals surface area contributed by atoms with Crippen LogP contribution in [0.3, 0.4) is 0 Å². The van der Waals surface area contributed by atoms with Gasteiger partial charge in [-0.2, -0.15) is 0 Å². The van der Waals surface area contributed by atoms with Gasteiger partial charge in [0.2, 0.25) is 5.91 Å². The number of amides is 1. The normalized spacial score (nSPS) is 13.7. The van der Waals surface area contributed by atoms with E-state index in [0.717, 1.165) is 0 Å². The van der Waals surface area contributed by atoms with Crippen molar-refractivity contribution in [3.8, 4) is 0 Å². The molecule has 2 heteroatoms. The molecule has 92 valence electrons. The second-order valence-corrected chi connectivity index (χ2v) is 5.83. The molecule has 0 aliphatic heterocycles. The number of hydrogen-bond acceptors (Lipinski definition) is 1. The van der Waals surface area contributed by atoms with E-state index in [1.165, 1.54) is 0 Å². The molecule has 0 fully saturated rings. The molecule has 0 aromatic heterocycles. The molecule has 0 aliphatic rings. The number of nitrogens with one attached hydrogen (secondary N) is 1. The molecular weight excluding hydrogens is 186 g/mol. The molecule has 0 bridgehead atoms. The molecule has 0 heterocycles. The van der Waals surface area contributed by atoms with Crippen molar-refractivity contribution in [2.75, 3.05) is 0 Å². The Balaban J connectivity index is 0. The smallest absolute Gasteiger partial charge is 0.223 e. The molecule has 2 nitrogen and oxygen atoms in total. The van der Waals surface area contributed by atoms with Gasteiger partial charge in [-0.05, 0) is 26.2 Å². The van der Waals surface area contributed by atoms with Gasteiger partial charge in [-0.25, -0.2) is 0 Å². The second kappa shape index (κ2) is 6.14.